The minimum Gasteiger partial charge on any atom is -0.481 e. The molecule has 0 saturated heterocycles. The van der Waals surface area contributed by atoms with Crippen molar-refractivity contribution in [1.29, 1.82) is 0 Å². The summed E-state index contributed by atoms with van der Waals surface area (Å²) in [6.07, 6.45) is 9.39. The smallest absolute Gasteiger partial charge is 0.303 e. The molecule has 5 atom stereocenters. The standard InChI is InChI=1S/C21H28Br2O5S/c22-17-11-14(29-21(17)23)9-7-13(24)8-10-16-15(18(25)12-19(16)26)5-3-1-2-4-6-20(27)28/h1,3,8,10-11,13,15-16,18-19,24-26H,2,4-7,9,12H2,(H,27,28)/t13?,15-,16-,18?,19?/m1/s1. The summed E-state index contributed by atoms with van der Waals surface area (Å²) in [6.45, 7) is 0. The minimum absolute atomic E-state index is 0.103. The molecule has 4 N–H and O–H groups in total. The monoisotopic (exact) mass is 550 g/mol. The number of hydrogen-bond donors (Lipinski definition) is 4. The van der Waals surface area contributed by atoms with Gasteiger partial charge in [-0.1, -0.05) is 24.3 Å². The van der Waals surface area contributed by atoms with Gasteiger partial charge in [-0.05, 0) is 75.9 Å². The number of hydrogen-bond acceptors (Lipinski definition) is 5. The quantitative estimate of drug-likeness (QED) is 0.236. The second-order valence-electron chi connectivity index (χ2n) is 7.43. The molecule has 8 heteroatoms. The molecule has 2 rings (SSSR count). The zero-order valence-electron chi connectivity index (χ0n) is 16.1. The van der Waals surface area contributed by atoms with Crippen molar-refractivity contribution < 1.29 is 25.2 Å². The third kappa shape index (κ3) is 8.26. The Balaban J connectivity index is 1.83. The molecule has 5 nitrogen and oxygen atoms in total. The van der Waals surface area contributed by atoms with E-state index in [9.17, 15) is 20.1 Å². The van der Waals surface area contributed by atoms with Crippen molar-refractivity contribution >= 4 is 49.2 Å². The van der Waals surface area contributed by atoms with E-state index >= 15 is 0 Å². The lowest BCUT2D eigenvalue weighted by molar-refractivity contribution is -0.137. The van der Waals surface area contributed by atoms with Gasteiger partial charge in [0.05, 0.1) is 22.1 Å². The van der Waals surface area contributed by atoms with E-state index in [2.05, 4.69) is 31.9 Å². The van der Waals surface area contributed by atoms with Gasteiger partial charge in [0.15, 0.2) is 0 Å². The molecule has 0 aromatic carbocycles. The molecule has 0 bridgehead atoms. The topological polar surface area (TPSA) is 98.0 Å². The van der Waals surface area contributed by atoms with Crippen molar-refractivity contribution in [3.05, 3.63) is 43.5 Å². The number of carboxylic acids is 1. The van der Waals surface area contributed by atoms with Crippen LogP contribution in [0.3, 0.4) is 0 Å². The predicted octanol–water partition coefficient (Wildman–Crippen LogP) is 4.68. The Morgan fingerprint density at radius 1 is 1.28 bits per heavy atom. The number of thiophene rings is 1. The summed E-state index contributed by atoms with van der Waals surface area (Å²) in [5.74, 6) is -1.10. The van der Waals surface area contributed by atoms with Gasteiger partial charge in [0.2, 0.25) is 0 Å². The molecule has 1 aromatic heterocycles. The van der Waals surface area contributed by atoms with Crippen molar-refractivity contribution in [2.45, 2.75) is 63.3 Å². The highest BCUT2D eigenvalue weighted by Gasteiger charge is 2.39. The summed E-state index contributed by atoms with van der Waals surface area (Å²) in [6, 6.07) is 2.04. The van der Waals surface area contributed by atoms with Gasteiger partial charge in [0, 0.05) is 28.1 Å². The normalized spacial score (nSPS) is 26.0. The maximum atomic E-state index is 10.5. The summed E-state index contributed by atoms with van der Waals surface area (Å²) < 4.78 is 2.06. The summed E-state index contributed by atoms with van der Waals surface area (Å²) in [5.41, 5.74) is 0. The maximum absolute atomic E-state index is 10.5. The lowest BCUT2D eigenvalue weighted by atomic mass is 9.89. The Hall–Kier alpha value is -0.510. The first-order chi connectivity index (χ1) is 13.8. The average Bonchev–Trinajstić information content (AvgIpc) is 3.11. The van der Waals surface area contributed by atoms with Crippen LogP contribution in [0.5, 0.6) is 0 Å². The van der Waals surface area contributed by atoms with Crippen molar-refractivity contribution in [3.63, 3.8) is 0 Å². The van der Waals surface area contributed by atoms with Crippen molar-refractivity contribution in [3.8, 4) is 0 Å². The molecule has 0 radical (unpaired) electrons. The number of aliphatic carboxylic acids is 1. The first kappa shape index (κ1) is 24.8. The number of carboxylic acid groups (broad SMARTS) is 1. The molecule has 1 fully saturated rings. The van der Waals surface area contributed by atoms with Crippen molar-refractivity contribution in [2.24, 2.45) is 11.8 Å². The molecular weight excluding hydrogens is 524 g/mol. The van der Waals surface area contributed by atoms with Crippen LogP contribution in [0.25, 0.3) is 0 Å². The summed E-state index contributed by atoms with van der Waals surface area (Å²) in [4.78, 5) is 11.7. The molecule has 1 aliphatic carbocycles. The van der Waals surface area contributed by atoms with Crippen LogP contribution in [0.2, 0.25) is 0 Å². The van der Waals surface area contributed by atoms with E-state index in [1.807, 2.05) is 24.3 Å². The van der Waals surface area contributed by atoms with Crippen LogP contribution in [0.4, 0.5) is 0 Å². The molecule has 1 heterocycles. The van der Waals surface area contributed by atoms with E-state index in [0.717, 1.165) is 14.7 Å². The van der Waals surface area contributed by atoms with Crippen LogP contribution < -0.4 is 0 Å². The van der Waals surface area contributed by atoms with Gasteiger partial charge < -0.3 is 20.4 Å². The van der Waals surface area contributed by atoms with Gasteiger partial charge in [-0.3, -0.25) is 4.79 Å². The second kappa shape index (κ2) is 12.4. The Morgan fingerprint density at radius 2 is 2.03 bits per heavy atom. The third-order valence-corrected chi connectivity index (χ3v) is 8.51. The van der Waals surface area contributed by atoms with Crippen LogP contribution in [0, 0.1) is 11.8 Å². The zero-order chi connectivity index (χ0) is 21.4. The highest BCUT2D eigenvalue weighted by molar-refractivity contribution is 9.13. The molecule has 3 unspecified atom stereocenters. The highest BCUT2D eigenvalue weighted by atomic mass is 79.9. The molecule has 29 heavy (non-hydrogen) atoms. The van der Waals surface area contributed by atoms with E-state index in [1.165, 1.54) is 4.88 Å². The second-order valence-corrected chi connectivity index (χ2v) is 10.7. The first-order valence-corrected chi connectivity index (χ1v) is 12.2. The average molecular weight is 552 g/mol. The lowest BCUT2D eigenvalue weighted by Crippen LogP contribution is -2.20. The van der Waals surface area contributed by atoms with Gasteiger partial charge in [-0.15, -0.1) is 11.3 Å². The van der Waals surface area contributed by atoms with Crippen LogP contribution in [-0.2, 0) is 11.2 Å². The Labute approximate surface area is 192 Å². The Bertz CT molecular complexity index is 698. The molecular formula is C21H28Br2O5S. The Kier molecular flexibility index (Phi) is 10.6. The van der Waals surface area contributed by atoms with Gasteiger partial charge in [-0.25, -0.2) is 0 Å². The number of aliphatic hydroxyl groups excluding tert-OH is 3. The first-order valence-electron chi connectivity index (χ1n) is 9.81. The van der Waals surface area contributed by atoms with Crippen LogP contribution in [0.15, 0.2) is 38.6 Å². The molecule has 0 aliphatic heterocycles. The fourth-order valence-electron chi connectivity index (χ4n) is 3.61. The summed E-state index contributed by atoms with van der Waals surface area (Å²) >= 11 is 8.57. The molecule has 1 aromatic rings. The van der Waals surface area contributed by atoms with E-state index < -0.39 is 24.3 Å². The number of unbranched alkanes of at least 4 members (excludes halogenated alkanes) is 1. The van der Waals surface area contributed by atoms with Crippen LogP contribution >= 0.6 is 43.2 Å². The van der Waals surface area contributed by atoms with E-state index in [-0.39, 0.29) is 18.3 Å². The molecule has 0 amide bonds. The van der Waals surface area contributed by atoms with Gasteiger partial charge >= 0.3 is 5.97 Å². The SMILES string of the molecule is O=C(O)CCCC=CC[C@H]1C(O)CC(O)[C@@H]1C=CC(O)CCc1cc(Br)c(Br)s1. The van der Waals surface area contributed by atoms with Crippen LogP contribution in [0.1, 0.15) is 43.4 Å². The largest absolute Gasteiger partial charge is 0.481 e. The number of carbonyl (C=O) groups is 1. The summed E-state index contributed by atoms with van der Waals surface area (Å²) in [5, 5.41) is 39.5. The number of aryl methyl sites for hydroxylation is 1. The molecule has 162 valence electrons. The van der Waals surface area contributed by atoms with E-state index in [0.29, 0.717) is 32.1 Å². The van der Waals surface area contributed by atoms with Gasteiger partial charge in [-0.2, -0.15) is 0 Å². The zero-order valence-corrected chi connectivity index (χ0v) is 20.1. The lowest BCUT2D eigenvalue weighted by Gasteiger charge is -2.19. The van der Waals surface area contributed by atoms with E-state index in [1.54, 1.807) is 17.4 Å². The number of halogens is 2. The highest BCUT2D eigenvalue weighted by Crippen LogP contribution is 2.36. The number of aliphatic hydroxyl groups is 3. The fraction of sp³-hybridized carbons (Fsp3) is 0.571. The molecule has 1 saturated carbocycles. The summed E-state index contributed by atoms with van der Waals surface area (Å²) in [7, 11) is 0. The van der Waals surface area contributed by atoms with Crippen LogP contribution in [-0.4, -0.2) is 44.7 Å². The maximum Gasteiger partial charge on any atom is 0.303 e. The van der Waals surface area contributed by atoms with Gasteiger partial charge in [0.25, 0.3) is 0 Å². The molecule has 0 spiro atoms. The molecule has 1 aliphatic rings. The van der Waals surface area contributed by atoms with E-state index in [4.69, 9.17) is 5.11 Å². The van der Waals surface area contributed by atoms with Crippen molar-refractivity contribution in [2.75, 3.05) is 0 Å². The fourth-order valence-corrected chi connectivity index (χ4v) is 5.80. The number of allylic oxidation sites excluding steroid dienone is 2. The number of rotatable bonds is 11. The Morgan fingerprint density at radius 3 is 2.69 bits per heavy atom. The third-order valence-electron chi connectivity index (χ3n) is 5.19. The predicted molar refractivity (Wildman–Crippen MR) is 122 cm³/mol. The van der Waals surface area contributed by atoms with Crippen molar-refractivity contribution in [1.82, 2.24) is 0 Å². The van der Waals surface area contributed by atoms with Gasteiger partial charge in [0.1, 0.15) is 0 Å². The minimum atomic E-state index is -0.796.